The van der Waals surface area contributed by atoms with Crippen LogP contribution in [0.25, 0.3) is 0 Å². The third kappa shape index (κ3) is 12.6. The highest BCUT2D eigenvalue weighted by molar-refractivity contribution is 7.60. The minimum Gasteiger partial charge on any atom is -0.478 e. The summed E-state index contributed by atoms with van der Waals surface area (Å²) < 4.78 is 40.4. The molecular formula is C20H31N3O20P2. The number of aliphatic hydroxyl groups excluding tert-OH is 5. The summed E-state index contributed by atoms with van der Waals surface area (Å²) in [5.74, 6) is -2.98. The Morgan fingerprint density at radius 2 is 1.80 bits per heavy atom. The van der Waals surface area contributed by atoms with Gasteiger partial charge in [-0.15, -0.1) is 0 Å². The van der Waals surface area contributed by atoms with Crippen molar-refractivity contribution in [3.63, 3.8) is 0 Å². The number of aldehydes is 1. The number of carbonyl (C=O) groups is 3. The normalized spacial score (nSPS) is 23.7. The lowest BCUT2D eigenvalue weighted by molar-refractivity contribution is -0.145. The standard InChI is InChI=1S/C11H17NO8.C9H14N2O12P2/c1-5(11(18)19)20-10(9(17)8(16)4-14)7(3-13)12-6(2)15;12-5-1-2-11(9(15)10-5)8-7(14)6(13)4(22-8)3-21-25(19,20)23-24(16,17)18/h3,7-10,14,16-17H,1,4H2,2H3,(H,12,15)(H,18,19);1-2,4,6-8,13-14H,3H2,(H,19,20)(H,10,12,15)(H2,16,17,18)/t7-,8+,9+,10+;4-,6-,7-,8-/m01/s1. The van der Waals surface area contributed by atoms with Crippen molar-refractivity contribution in [3.8, 4) is 0 Å². The van der Waals surface area contributed by atoms with Gasteiger partial charge in [0, 0.05) is 19.2 Å². The molecule has 1 unspecified atom stereocenters. The van der Waals surface area contributed by atoms with Crippen molar-refractivity contribution in [3.05, 3.63) is 45.4 Å². The predicted octanol–water partition coefficient (Wildman–Crippen LogP) is -5.23. The molecule has 256 valence electrons. The Bertz CT molecular complexity index is 1410. The van der Waals surface area contributed by atoms with Crippen molar-refractivity contribution in [2.24, 2.45) is 0 Å². The first-order chi connectivity index (χ1) is 20.6. The molecule has 0 aromatic carbocycles. The van der Waals surface area contributed by atoms with Crippen LogP contribution >= 0.6 is 15.6 Å². The van der Waals surface area contributed by atoms with E-state index in [-0.39, 0.29) is 6.29 Å². The zero-order chi connectivity index (χ0) is 34.9. The van der Waals surface area contributed by atoms with Crippen LogP contribution in [0.1, 0.15) is 13.2 Å². The Morgan fingerprint density at radius 1 is 1.20 bits per heavy atom. The van der Waals surface area contributed by atoms with E-state index in [1.54, 1.807) is 0 Å². The summed E-state index contributed by atoms with van der Waals surface area (Å²) >= 11 is 0. The number of aromatic nitrogens is 2. The summed E-state index contributed by atoms with van der Waals surface area (Å²) in [6, 6.07) is -0.469. The molecule has 1 aliphatic heterocycles. The fraction of sp³-hybridized carbons (Fsp3) is 0.550. The van der Waals surface area contributed by atoms with Crippen LogP contribution in [0.4, 0.5) is 0 Å². The molecule has 23 nitrogen and oxygen atoms in total. The number of nitrogens with zero attached hydrogens (tertiary/aromatic N) is 1. The molecule has 1 saturated heterocycles. The number of phosphoric ester groups is 1. The van der Waals surface area contributed by atoms with Gasteiger partial charge in [-0.25, -0.2) is 18.7 Å². The molecule has 25 heteroatoms. The van der Waals surface area contributed by atoms with Gasteiger partial charge in [0.15, 0.2) is 18.1 Å². The summed E-state index contributed by atoms with van der Waals surface area (Å²) in [5, 5.41) is 58.4. The van der Waals surface area contributed by atoms with Crippen molar-refractivity contribution in [2.75, 3.05) is 13.2 Å². The second-order valence-corrected chi connectivity index (χ2v) is 11.6. The number of hydrogen-bond donors (Lipinski definition) is 11. The lowest BCUT2D eigenvalue weighted by Gasteiger charge is -2.30. The number of H-pyrrole nitrogens is 1. The molecule has 9 atom stereocenters. The van der Waals surface area contributed by atoms with Crippen LogP contribution in [-0.4, -0.2) is 129 Å². The number of nitrogens with one attached hydrogen (secondary N) is 2. The zero-order valence-electron chi connectivity index (χ0n) is 22.8. The second-order valence-electron chi connectivity index (χ2n) is 8.81. The molecule has 2 rings (SSSR count). The van der Waals surface area contributed by atoms with Gasteiger partial charge in [-0.2, -0.15) is 4.31 Å². The van der Waals surface area contributed by atoms with Crippen LogP contribution in [-0.2, 0) is 41.8 Å². The summed E-state index contributed by atoms with van der Waals surface area (Å²) in [6.45, 7) is 2.39. The molecule has 1 fully saturated rings. The summed E-state index contributed by atoms with van der Waals surface area (Å²) in [5.41, 5.74) is -1.65. The van der Waals surface area contributed by atoms with E-state index in [1.807, 2.05) is 4.98 Å². The number of aliphatic hydroxyl groups is 5. The Labute approximate surface area is 250 Å². The quantitative estimate of drug-likeness (QED) is 0.0353. The predicted molar refractivity (Wildman–Crippen MR) is 141 cm³/mol. The van der Waals surface area contributed by atoms with Crippen LogP contribution < -0.4 is 16.6 Å². The molecule has 1 amide bonds. The summed E-state index contributed by atoms with van der Waals surface area (Å²) in [7, 11) is -10.5. The van der Waals surface area contributed by atoms with Gasteiger partial charge in [0.2, 0.25) is 5.91 Å². The maximum atomic E-state index is 11.7. The number of carboxylic acid groups (broad SMARTS) is 1. The number of carboxylic acids is 1. The molecule has 2 heterocycles. The third-order valence-electron chi connectivity index (χ3n) is 5.38. The SMILES string of the molecule is C=C(O[C@@H]([C@H](O)[C@H](O)CO)[C@H](C=O)NC(C)=O)C(=O)O.O=c1ccn([C@@H]2O[C@H](COP(=O)(O)OP(=O)(O)O)[C@@H](O)[C@H]2O)c(=O)[nH]1. The van der Waals surface area contributed by atoms with E-state index in [9.17, 15) is 53.5 Å². The minimum absolute atomic E-state index is 0.203. The number of carbonyl (C=O) groups excluding carboxylic acids is 2. The van der Waals surface area contributed by atoms with Gasteiger partial charge >= 0.3 is 27.3 Å². The highest BCUT2D eigenvalue weighted by Crippen LogP contribution is 2.57. The number of hydrogen-bond acceptors (Lipinski definition) is 16. The maximum absolute atomic E-state index is 11.7. The van der Waals surface area contributed by atoms with E-state index in [0.717, 1.165) is 23.8 Å². The zero-order valence-corrected chi connectivity index (χ0v) is 24.6. The molecule has 0 spiro atoms. The molecule has 0 saturated carbocycles. The van der Waals surface area contributed by atoms with E-state index in [1.165, 1.54) is 0 Å². The van der Waals surface area contributed by atoms with Crippen molar-refractivity contribution in [1.82, 2.24) is 14.9 Å². The van der Waals surface area contributed by atoms with E-state index in [0.29, 0.717) is 0 Å². The van der Waals surface area contributed by atoms with Gasteiger partial charge in [-0.1, -0.05) is 0 Å². The van der Waals surface area contributed by atoms with Gasteiger partial charge in [0.05, 0.1) is 13.2 Å². The van der Waals surface area contributed by atoms with E-state index < -0.39 is 107 Å². The molecule has 0 radical (unpaired) electrons. The van der Waals surface area contributed by atoms with Crippen LogP contribution in [0.15, 0.2) is 34.2 Å². The molecule has 0 aliphatic carbocycles. The number of ether oxygens (including phenoxy) is 2. The van der Waals surface area contributed by atoms with E-state index >= 15 is 0 Å². The van der Waals surface area contributed by atoms with Crippen LogP contribution in [0, 0.1) is 0 Å². The van der Waals surface area contributed by atoms with Gasteiger partial charge in [0.25, 0.3) is 5.56 Å². The van der Waals surface area contributed by atoms with Crippen LogP contribution in [0.2, 0.25) is 0 Å². The summed E-state index contributed by atoms with van der Waals surface area (Å²) in [6.07, 6.45) is -10.2. The van der Waals surface area contributed by atoms with Crippen molar-refractivity contribution in [2.45, 2.75) is 55.8 Å². The smallest absolute Gasteiger partial charge is 0.478 e. The van der Waals surface area contributed by atoms with Gasteiger partial charge in [0.1, 0.15) is 42.8 Å². The number of phosphoric acid groups is 2. The lowest BCUT2D eigenvalue weighted by Crippen LogP contribution is -2.54. The van der Waals surface area contributed by atoms with Gasteiger partial charge in [-0.3, -0.25) is 23.7 Å². The fourth-order valence-corrected chi connectivity index (χ4v) is 4.97. The summed E-state index contributed by atoms with van der Waals surface area (Å²) in [4.78, 5) is 83.2. The third-order valence-corrected chi connectivity index (χ3v) is 7.53. The molecule has 1 aromatic rings. The van der Waals surface area contributed by atoms with Crippen molar-refractivity contribution in [1.29, 1.82) is 0 Å². The van der Waals surface area contributed by atoms with E-state index in [4.69, 9.17) is 34.4 Å². The lowest BCUT2D eigenvalue weighted by atomic mass is 10.0. The topological polar surface area (TPSA) is 371 Å². The molecular weight excluding hydrogens is 664 g/mol. The highest BCUT2D eigenvalue weighted by Gasteiger charge is 2.45. The maximum Gasteiger partial charge on any atom is 0.481 e. The van der Waals surface area contributed by atoms with E-state index in [2.05, 4.69) is 20.7 Å². The Hall–Kier alpha value is -3.15. The first-order valence-electron chi connectivity index (χ1n) is 12.0. The molecule has 11 N–H and O–H groups in total. The molecule has 1 aliphatic rings. The number of rotatable bonds is 15. The average molecular weight is 695 g/mol. The molecule has 1 aromatic heterocycles. The first-order valence-corrected chi connectivity index (χ1v) is 15.0. The average Bonchev–Trinajstić information content (AvgIpc) is 3.20. The van der Waals surface area contributed by atoms with Gasteiger partial charge in [-0.05, 0) is 6.58 Å². The number of aliphatic carboxylic acids is 1. The second kappa shape index (κ2) is 17.0. The number of aromatic amines is 1. The molecule has 45 heavy (non-hydrogen) atoms. The van der Waals surface area contributed by atoms with Crippen LogP contribution in [0.5, 0.6) is 0 Å². The molecule has 0 bridgehead atoms. The highest BCUT2D eigenvalue weighted by atomic mass is 31.3. The van der Waals surface area contributed by atoms with Gasteiger partial charge < -0.3 is 64.9 Å². The Morgan fingerprint density at radius 3 is 2.27 bits per heavy atom. The minimum atomic E-state index is -5.32. The van der Waals surface area contributed by atoms with Crippen molar-refractivity contribution >= 4 is 33.8 Å². The van der Waals surface area contributed by atoms with Crippen molar-refractivity contribution < 1.29 is 87.1 Å². The Kier molecular flexibility index (Phi) is 15.0. The van der Waals surface area contributed by atoms with Crippen LogP contribution in [0.3, 0.4) is 0 Å². The largest absolute Gasteiger partial charge is 0.481 e. The monoisotopic (exact) mass is 695 g/mol. The number of amides is 1. The fourth-order valence-electron chi connectivity index (χ4n) is 3.38. The Balaban J connectivity index is 0.000000463. The first kappa shape index (κ1) is 39.9.